The van der Waals surface area contributed by atoms with Gasteiger partial charge in [-0.3, -0.25) is 0 Å². The third kappa shape index (κ3) is 3.00. The second-order valence-corrected chi connectivity index (χ2v) is 7.82. The maximum Gasteiger partial charge on any atom is 0.491 e. The van der Waals surface area contributed by atoms with Gasteiger partial charge in [0.15, 0.2) is 0 Å². The van der Waals surface area contributed by atoms with Crippen LogP contribution in [0.3, 0.4) is 0 Å². The molecule has 138 valence electrons. The summed E-state index contributed by atoms with van der Waals surface area (Å²) in [4.78, 5) is 2.33. The number of rotatable bonds is 4. The molecule has 1 N–H and O–H groups in total. The highest BCUT2D eigenvalue weighted by Gasteiger charge is 2.27. The highest BCUT2D eigenvalue weighted by molar-refractivity contribution is 7.99. The molecule has 4 nitrogen and oxygen atoms in total. The van der Waals surface area contributed by atoms with Gasteiger partial charge in [-0.1, -0.05) is 36.0 Å². The van der Waals surface area contributed by atoms with Gasteiger partial charge < -0.3 is 19.0 Å². The Morgan fingerprint density at radius 3 is 2.71 bits per heavy atom. The smallest absolute Gasteiger partial charge is 0.491 e. The average molecular weight is 387 g/mol. The number of nitrogens with zero attached hydrogens (tertiary/aromatic N) is 1. The van der Waals surface area contributed by atoms with Crippen LogP contribution >= 0.6 is 11.8 Å². The molecule has 0 fully saturated rings. The maximum absolute atomic E-state index is 10.1. The monoisotopic (exact) mass is 387 g/mol. The molecular weight excluding hydrogens is 369 g/mol. The van der Waals surface area contributed by atoms with E-state index in [-0.39, 0.29) is 0 Å². The Balaban J connectivity index is 1.58. The zero-order valence-corrected chi connectivity index (χ0v) is 16.1. The number of benzene rings is 3. The van der Waals surface area contributed by atoms with Gasteiger partial charge in [0, 0.05) is 27.1 Å². The Kier molecular flexibility index (Phi) is 4.39. The van der Waals surface area contributed by atoms with Crippen molar-refractivity contribution < 1.29 is 14.4 Å². The number of methoxy groups -OCH3 is 1. The van der Waals surface area contributed by atoms with Gasteiger partial charge in [-0.05, 0) is 53.5 Å². The molecule has 0 saturated carbocycles. The van der Waals surface area contributed by atoms with Crippen molar-refractivity contribution in [1.29, 1.82) is 0 Å². The highest BCUT2D eigenvalue weighted by Crippen LogP contribution is 2.36. The van der Waals surface area contributed by atoms with Crippen molar-refractivity contribution in [3.05, 3.63) is 78.5 Å². The average Bonchev–Trinajstić information content (AvgIpc) is 3.29. The molecule has 28 heavy (non-hydrogen) atoms. The number of aromatic nitrogens is 1. The lowest BCUT2D eigenvalue weighted by atomic mass is 9.79. The van der Waals surface area contributed by atoms with Crippen molar-refractivity contribution >= 4 is 35.2 Å². The summed E-state index contributed by atoms with van der Waals surface area (Å²) >= 11 is 1.73. The summed E-state index contributed by atoms with van der Waals surface area (Å²) in [6.45, 7) is 0.460. The van der Waals surface area contributed by atoms with Crippen LogP contribution in [0.2, 0.25) is 0 Å². The summed E-state index contributed by atoms with van der Waals surface area (Å²) in [5.74, 6) is 0.852. The third-order valence-electron chi connectivity index (χ3n) is 5.03. The van der Waals surface area contributed by atoms with E-state index in [4.69, 9.17) is 9.39 Å². The zero-order chi connectivity index (χ0) is 19.1. The van der Waals surface area contributed by atoms with Crippen LogP contribution in [0.5, 0.6) is 5.75 Å². The van der Waals surface area contributed by atoms with Gasteiger partial charge in [-0.15, -0.1) is 0 Å². The van der Waals surface area contributed by atoms with Crippen molar-refractivity contribution in [2.24, 2.45) is 0 Å². The van der Waals surface area contributed by atoms with Crippen LogP contribution in [0.15, 0.2) is 82.7 Å². The molecule has 0 spiro atoms. The van der Waals surface area contributed by atoms with E-state index in [0.29, 0.717) is 6.61 Å². The first-order valence-corrected chi connectivity index (χ1v) is 9.89. The molecule has 0 atom stereocenters. The summed E-state index contributed by atoms with van der Waals surface area (Å²) in [6, 6.07) is 22.6. The molecule has 5 rings (SSSR count). The van der Waals surface area contributed by atoms with Crippen LogP contribution < -0.4 is 10.2 Å². The summed E-state index contributed by atoms with van der Waals surface area (Å²) in [7, 11) is 0.832. The summed E-state index contributed by atoms with van der Waals surface area (Å²) < 4.78 is 12.8. The molecule has 0 saturated heterocycles. The Labute approximate surface area is 167 Å². The van der Waals surface area contributed by atoms with Gasteiger partial charge in [0.05, 0.1) is 19.2 Å². The second-order valence-electron chi connectivity index (χ2n) is 6.70. The molecular formula is C22H18BNO3S. The van der Waals surface area contributed by atoms with Crippen molar-refractivity contribution in [2.75, 3.05) is 7.11 Å². The van der Waals surface area contributed by atoms with E-state index in [1.165, 1.54) is 10.3 Å². The van der Waals surface area contributed by atoms with E-state index in [0.717, 1.165) is 32.9 Å². The molecule has 0 aliphatic carbocycles. The third-order valence-corrected chi connectivity index (χ3v) is 6.09. The van der Waals surface area contributed by atoms with Gasteiger partial charge in [-0.25, -0.2) is 0 Å². The van der Waals surface area contributed by atoms with Crippen LogP contribution in [-0.4, -0.2) is 23.8 Å². The van der Waals surface area contributed by atoms with Gasteiger partial charge in [-0.2, -0.15) is 0 Å². The minimum atomic E-state index is -0.843. The lowest BCUT2D eigenvalue weighted by Crippen LogP contribution is -2.28. The molecule has 0 amide bonds. The number of fused-ring (bicyclic) bond motifs is 2. The van der Waals surface area contributed by atoms with Crippen molar-refractivity contribution in [1.82, 2.24) is 4.57 Å². The predicted molar refractivity (Wildman–Crippen MR) is 113 cm³/mol. The molecule has 0 unspecified atom stereocenters. The molecule has 3 aromatic carbocycles. The summed E-state index contributed by atoms with van der Waals surface area (Å²) in [5, 5.41) is 11.3. The molecule has 1 aliphatic rings. The Hall–Kier alpha value is -2.67. The second kappa shape index (κ2) is 7.06. The Bertz CT molecular complexity index is 1160. The van der Waals surface area contributed by atoms with E-state index in [1.54, 1.807) is 18.9 Å². The van der Waals surface area contributed by atoms with Gasteiger partial charge in [0.25, 0.3) is 0 Å². The van der Waals surface area contributed by atoms with Gasteiger partial charge in [0.2, 0.25) is 0 Å². The molecule has 4 aromatic rings. The first-order chi connectivity index (χ1) is 13.7. The van der Waals surface area contributed by atoms with E-state index in [2.05, 4.69) is 47.2 Å². The number of hydrogen-bond donors (Lipinski definition) is 1. The minimum absolute atomic E-state index is 0.460. The Morgan fingerprint density at radius 1 is 1.07 bits per heavy atom. The Morgan fingerprint density at radius 2 is 1.89 bits per heavy atom. The van der Waals surface area contributed by atoms with Crippen molar-refractivity contribution in [2.45, 2.75) is 16.4 Å². The minimum Gasteiger partial charge on any atom is -0.497 e. The molecule has 1 aromatic heterocycles. The quantitative estimate of drug-likeness (QED) is 0.538. The normalized spacial score (nSPS) is 13.1. The first-order valence-electron chi connectivity index (χ1n) is 9.08. The SMILES string of the molecule is COc1ccc(Sc2cn(-c3ccc4c(c3)B(O)OC4)c3ccccc23)cc1. The van der Waals surface area contributed by atoms with E-state index >= 15 is 0 Å². The fourth-order valence-corrected chi connectivity index (χ4v) is 4.53. The standard InChI is InChI=1S/C22H18BNO3S/c1-26-17-8-10-18(11-9-17)28-22-13-24(21-5-3-2-4-19(21)22)16-7-6-15-14-27-23(25)20(15)12-16/h2-13,25H,14H2,1H3. The lowest BCUT2D eigenvalue weighted by molar-refractivity contribution is 0.275. The molecule has 0 bridgehead atoms. The molecule has 0 radical (unpaired) electrons. The molecule has 2 heterocycles. The lowest BCUT2D eigenvalue weighted by Gasteiger charge is -2.07. The van der Waals surface area contributed by atoms with Crippen LogP contribution in [0.4, 0.5) is 0 Å². The fourth-order valence-electron chi connectivity index (χ4n) is 3.57. The van der Waals surface area contributed by atoms with Crippen molar-refractivity contribution in [3.63, 3.8) is 0 Å². The predicted octanol–water partition coefficient (Wildman–Crippen LogP) is 4.01. The highest BCUT2D eigenvalue weighted by atomic mass is 32.2. The van der Waals surface area contributed by atoms with Crippen molar-refractivity contribution in [3.8, 4) is 11.4 Å². The van der Waals surface area contributed by atoms with Crippen LogP contribution in [0.1, 0.15) is 5.56 Å². The van der Waals surface area contributed by atoms with E-state index < -0.39 is 7.12 Å². The topological polar surface area (TPSA) is 43.6 Å². The van der Waals surface area contributed by atoms with E-state index in [1.807, 2.05) is 30.3 Å². The molecule has 6 heteroatoms. The largest absolute Gasteiger partial charge is 0.497 e. The van der Waals surface area contributed by atoms with Gasteiger partial charge >= 0.3 is 7.12 Å². The first kappa shape index (κ1) is 17.4. The van der Waals surface area contributed by atoms with Crippen LogP contribution in [-0.2, 0) is 11.3 Å². The maximum atomic E-state index is 10.1. The summed E-state index contributed by atoms with van der Waals surface area (Å²) in [6.07, 6.45) is 2.16. The molecule has 1 aliphatic heterocycles. The number of hydrogen-bond acceptors (Lipinski definition) is 4. The van der Waals surface area contributed by atoms with E-state index in [9.17, 15) is 5.02 Å². The number of ether oxygens (including phenoxy) is 1. The fraction of sp³-hybridized carbons (Fsp3) is 0.0909. The zero-order valence-electron chi connectivity index (χ0n) is 15.3. The van der Waals surface area contributed by atoms with Gasteiger partial charge in [0.1, 0.15) is 5.75 Å². The number of para-hydroxylation sites is 1. The summed E-state index contributed by atoms with van der Waals surface area (Å²) in [5.41, 5.74) is 4.04. The van der Waals surface area contributed by atoms with Crippen LogP contribution in [0.25, 0.3) is 16.6 Å². The van der Waals surface area contributed by atoms with Crippen LogP contribution in [0, 0.1) is 0 Å².